The molecule has 0 spiro atoms. The van der Waals surface area contributed by atoms with Gasteiger partial charge in [0.1, 0.15) is 12.4 Å². The molecule has 4 nitrogen and oxygen atoms in total. The Morgan fingerprint density at radius 2 is 2.11 bits per heavy atom. The van der Waals surface area contributed by atoms with Crippen molar-refractivity contribution in [2.24, 2.45) is 0 Å². The maximum Gasteiger partial charge on any atom is 0.234 e. The summed E-state index contributed by atoms with van der Waals surface area (Å²) in [6, 6.07) is 8.16. The Hall–Kier alpha value is -1.55. The van der Waals surface area contributed by atoms with E-state index in [2.05, 4.69) is 16.3 Å². The second-order valence-corrected chi connectivity index (χ2v) is 5.00. The lowest BCUT2D eigenvalue weighted by Gasteiger charge is -2.15. The number of para-hydroxylation sites is 1. The fraction of sp³-hybridized carbons (Fsp3) is 0.533. The first-order valence-electron chi connectivity index (χ1n) is 6.91. The number of carbonyl (C=O) groups excluding carboxylic acids is 1. The number of carbonyl (C=O) groups is 1. The normalized spacial score (nSPS) is 19.1. The number of nitrogens with zero attached hydrogens (tertiary/aromatic N) is 1. The molecule has 1 heterocycles. The monoisotopic (exact) mass is 262 g/mol. The quantitative estimate of drug-likeness (QED) is 0.769. The average molecular weight is 262 g/mol. The molecule has 0 radical (unpaired) electrons. The zero-order valence-corrected chi connectivity index (χ0v) is 11.5. The molecule has 0 unspecified atom stereocenters. The Kier molecular flexibility index (Phi) is 5.21. The molecule has 0 aliphatic carbocycles. The van der Waals surface area contributed by atoms with Crippen LogP contribution in [0.3, 0.4) is 0 Å². The molecule has 0 saturated carbocycles. The molecule has 4 heteroatoms. The van der Waals surface area contributed by atoms with Crippen LogP contribution in [0.4, 0.5) is 0 Å². The highest BCUT2D eigenvalue weighted by atomic mass is 16.5. The van der Waals surface area contributed by atoms with Gasteiger partial charge in [-0.1, -0.05) is 18.2 Å². The van der Waals surface area contributed by atoms with Crippen molar-refractivity contribution in [3.8, 4) is 5.75 Å². The second kappa shape index (κ2) is 7.14. The Morgan fingerprint density at radius 1 is 1.26 bits per heavy atom. The van der Waals surface area contributed by atoms with Gasteiger partial charge in [0.25, 0.3) is 0 Å². The molecular weight excluding hydrogens is 240 g/mol. The predicted octanol–water partition coefficient (Wildman–Crippen LogP) is 1.45. The van der Waals surface area contributed by atoms with Crippen molar-refractivity contribution in [1.29, 1.82) is 0 Å². The molecule has 1 aromatic carbocycles. The predicted molar refractivity (Wildman–Crippen MR) is 75.4 cm³/mol. The molecular formula is C15H22N2O2. The van der Waals surface area contributed by atoms with Gasteiger partial charge in [0.05, 0.1) is 13.1 Å². The highest BCUT2D eigenvalue weighted by Gasteiger charge is 2.08. The van der Waals surface area contributed by atoms with Gasteiger partial charge in [-0.05, 0) is 44.5 Å². The molecule has 104 valence electrons. The summed E-state index contributed by atoms with van der Waals surface area (Å²) < 4.78 is 5.75. The van der Waals surface area contributed by atoms with Gasteiger partial charge in [-0.15, -0.1) is 0 Å². The maximum absolute atomic E-state index is 11.6. The number of nitrogens with one attached hydrogen (secondary N) is 1. The lowest BCUT2D eigenvalue weighted by molar-refractivity contribution is -0.122. The van der Waals surface area contributed by atoms with Crippen molar-refractivity contribution < 1.29 is 9.53 Å². The number of ether oxygens (including phenoxy) is 1. The van der Waals surface area contributed by atoms with Gasteiger partial charge in [-0.2, -0.15) is 0 Å². The van der Waals surface area contributed by atoms with Crippen LogP contribution in [-0.4, -0.2) is 44.1 Å². The topological polar surface area (TPSA) is 41.6 Å². The summed E-state index contributed by atoms with van der Waals surface area (Å²) in [4.78, 5) is 13.7. The Labute approximate surface area is 114 Å². The fourth-order valence-corrected chi connectivity index (χ4v) is 2.28. The van der Waals surface area contributed by atoms with Crippen molar-refractivity contribution in [3.63, 3.8) is 0 Å². The van der Waals surface area contributed by atoms with Crippen LogP contribution in [0.15, 0.2) is 24.3 Å². The number of amides is 1. The lowest BCUT2D eigenvalue weighted by Crippen LogP contribution is -2.37. The zero-order chi connectivity index (χ0) is 13.5. The third kappa shape index (κ3) is 4.56. The van der Waals surface area contributed by atoms with Crippen molar-refractivity contribution >= 4 is 5.91 Å². The van der Waals surface area contributed by atoms with E-state index in [0.29, 0.717) is 19.7 Å². The van der Waals surface area contributed by atoms with Gasteiger partial charge in [-0.25, -0.2) is 0 Å². The number of rotatable bonds is 0. The number of benzene rings is 1. The van der Waals surface area contributed by atoms with E-state index in [4.69, 9.17) is 4.74 Å². The number of likely N-dealkylation sites (N-methyl/N-ethyl adjacent to an activating group) is 1. The van der Waals surface area contributed by atoms with E-state index in [1.165, 1.54) is 5.56 Å². The van der Waals surface area contributed by atoms with E-state index in [9.17, 15) is 4.79 Å². The standard InChI is InChI=1S/C15H22N2O2/c1-17-10-5-4-7-13-6-2-3-8-14(13)19-11-9-16-15(18)12-17/h2-3,6,8H,4-5,7,9-12H2,1H3,(H,16,18). The van der Waals surface area contributed by atoms with Crippen LogP contribution < -0.4 is 10.1 Å². The summed E-state index contributed by atoms with van der Waals surface area (Å²) in [6.07, 6.45) is 3.25. The number of fused-ring (bicyclic) bond motifs is 1. The maximum atomic E-state index is 11.6. The van der Waals surface area contributed by atoms with Crippen LogP contribution in [0.1, 0.15) is 18.4 Å². The molecule has 1 aliphatic heterocycles. The van der Waals surface area contributed by atoms with Crippen LogP contribution in [0.2, 0.25) is 0 Å². The van der Waals surface area contributed by atoms with Crippen LogP contribution in [0, 0.1) is 0 Å². The third-order valence-corrected chi connectivity index (χ3v) is 3.30. The van der Waals surface area contributed by atoms with E-state index in [0.717, 1.165) is 31.6 Å². The molecule has 0 bridgehead atoms. The van der Waals surface area contributed by atoms with Gasteiger partial charge in [0.2, 0.25) is 5.91 Å². The van der Waals surface area contributed by atoms with Gasteiger partial charge in [-0.3, -0.25) is 9.69 Å². The minimum atomic E-state index is 0.0682. The molecule has 0 fully saturated rings. The molecule has 0 atom stereocenters. The number of hydrogen-bond donors (Lipinski definition) is 1. The fourth-order valence-electron chi connectivity index (χ4n) is 2.28. The van der Waals surface area contributed by atoms with Crippen molar-refractivity contribution in [2.45, 2.75) is 19.3 Å². The smallest absolute Gasteiger partial charge is 0.234 e. The third-order valence-electron chi connectivity index (χ3n) is 3.30. The lowest BCUT2D eigenvalue weighted by atomic mass is 10.1. The minimum Gasteiger partial charge on any atom is -0.491 e. The summed E-state index contributed by atoms with van der Waals surface area (Å²) in [5.74, 6) is 1.02. The molecule has 1 aliphatic rings. The summed E-state index contributed by atoms with van der Waals surface area (Å²) in [5, 5.41) is 2.88. The molecule has 1 aromatic rings. The molecule has 1 N–H and O–H groups in total. The largest absolute Gasteiger partial charge is 0.491 e. The SMILES string of the molecule is CN1CCCCc2ccccc2OCCNC(=O)C1. The van der Waals surface area contributed by atoms with E-state index < -0.39 is 0 Å². The number of aryl methyl sites for hydroxylation is 1. The summed E-state index contributed by atoms with van der Waals surface area (Å²) in [7, 11) is 1.99. The second-order valence-electron chi connectivity index (χ2n) is 5.00. The summed E-state index contributed by atoms with van der Waals surface area (Å²) in [6.45, 7) is 2.50. The zero-order valence-electron chi connectivity index (χ0n) is 11.5. The van der Waals surface area contributed by atoms with Crippen LogP contribution in [0.25, 0.3) is 0 Å². The number of hydrogen-bond acceptors (Lipinski definition) is 3. The molecule has 1 amide bonds. The average Bonchev–Trinajstić information content (AvgIpc) is 2.41. The van der Waals surface area contributed by atoms with E-state index in [-0.39, 0.29) is 5.91 Å². The van der Waals surface area contributed by atoms with Crippen molar-refractivity contribution in [2.75, 3.05) is 33.3 Å². The first-order chi connectivity index (χ1) is 9.25. The Balaban J connectivity index is 2.01. The van der Waals surface area contributed by atoms with Crippen molar-refractivity contribution in [3.05, 3.63) is 29.8 Å². The van der Waals surface area contributed by atoms with E-state index in [1.807, 2.05) is 25.2 Å². The van der Waals surface area contributed by atoms with Crippen molar-refractivity contribution in [1.82, 2.24) is 10.2 Å². The van der Waals surface area contributed by atoms with Crippen LogP contribution in [0.5, 0.6) is 5.75 Å². The Morgan fingerprint density at radius 3 is 3.00 bits per heavy atom. The van der Waals surface area contributed by atoms with Gasteiger partial charge in [0.15, 0.2) is 0 Å². The highest BCUT2D eigenvalue weighted by molar-refractivity contribution is 5.77. The van der Waals surface area contributed by atoms with Gasteiger partial charge < -0.3 is 10.1 Å². The summed E-state index contributed by atoms with van der Waals surface area (Å²) >= 11 is 0. The highest BCUT2D eigenvalue weighted by Crippen LogP contribution is 2.20. The first kappa shape index (κ1) is 13.9. The van der Waals surface area contributed by atoms with E-state index >= 15 is 0 Å². The van der Waals surface area contributed by atoms with Gasteiger partial charge in [0, 0.05) is 0 Å². The molecule has 0 saturated heterocycles. The van der Waals surface area contributed by atoms with E-state index in [1.54, 1.807) is 0 Å². The van der Waals surface area contributed by atoms with Crippen LogP contribution >= 0.6 is 0 Å². The van der Waals surface area contributed by atoms with Crippen LogP contribution in [-0.2, 0) is 11.2 Å². The summed E-state index contributed by atoms with van der Waals surface area (Å²) in [5.41, 5.74) is 1.26. The molecule has 2 rings (SSSR count). The van der Waals surface area contributed by atoms with Gasteiger partial charge >= 0.3 is 0 Å². The first-order valence-corrected chi connectivity index (χ1v) is 6.91. The molecule has 0 aromatic heterocycles. The Bertz CT molecular complexity index is 420. The minimum absolute atomic E-state index is 0.0682. The molecule has 19 heavy (non-hydrogen) atoms.